The van der Waals surface area contributed by atoms with Crippen LogP contribution in [0.3, 0.4) is 0 Å². The highest BCUT2D eigenvalue weighted by Crippen LogP contribution is 2.15. The van der Waals surface area contributed by atoms with E-state index in [2.05, 4.69) is 25.9 Å². The number of hydrogen-bond donors (Lipinski definition) is 2. The van der Waals surface area contributed by atoms with Gasteiger partial charge in [0.15, 0.2) is 0 Å². The Bertz CT molecular complexity index is 459. The number of nitrogens with zero attached hydrogens (tertiary/aromatic N) is 3. The van der Waals surface area contributed by atoms with Crippen LogP contribution in [0.4, 0.5) is 0 Å². The number of carbonyl (C=O) groups excluding carboxylic acids is 1. The van der Waals surface area contributed by atoms with Gasteiger partial charge in [0.1, 0.15) is 0 Å². The Kier molecular flexibility index (Phi) is 4.09. The van der Waals surface area contributed by atoms with E-state index in [0.717, 1.165) is 5.75 Å². The Morgan fingerprint density at radius 1 is 1.35 bits per heavy atom. The van der Waals surface area contributed by atoms with Crippen molar-refractivity contribution < 1.29 is 4.79 Å². The third-order valence-electron chi connectivity index (χ3n) is 1.95. The maximum absolute atomic E-state index is 11.4. The number of thioether (sulfide) groups is 1. The number of amides is 1. The van der Waals surface area contributed by atoms with Crippen LogP contribution in [0.25, 0.3) is 0 Å². The van der Waals surface area contributed by atoms with Crippen LogP contribution in [0.1, 0.15) is 10.6 Å². The predicted octanol–water partition coefficient (Wildman–Crippen LogP) is 0.722. The van der Waals surface area contributed by atoms with E-state index in [4.69, 9.17) is 0 Å². The molecule has 0 aliphatic heterocycles. The summed E-state index contributed by atoms with van der Waals surface area (Å²) in [7, 11) is 0. The second-order valence-corrected chi connectivity index (χ2v) is 4.32. The molecule has 1 amide bonds. The van der Waals surface area contributed by atoms with E-state index >= 15 is 0 Å². The molecule has 0 fully saturated rings. The number of rotatable bonds is 5. The average Bonchev–Trinajstić information content (AvgIpc) is 2.89. The second-order valence-electron chi connectivity index (χ2n) is 3.15. The fraction of sp³-hybridized carbons (Fsp3) is 0.200. The lowest BCUT2D eigenvalue weighted by Gasteiger charge is -2.02. The van der Waals surface area contributed by atoms with Gasteiger partial charge in [-0.2, -0.15) is 5.21 Å². The van der Waals surface area contributed by atoms with Crippen LogP contribution in [-0.2, 0) is 0 Å². The van der Waals surface area contributed by atoms with E-state index in [-0.39, 0.29) is 11.7 Å². The van der Waals surface area contributed by atoms with Crippen LogP contribution in [0.5, 0.6) is 0 Å². The first-order chi connectivity index (χ1) is 8.36. The van der Waals surface area contributed by atoms with E-state index in [9.17, 15) is 4.79 Å². The maximum Gasteiger partial charge on any atom is 0.292 e. The standard InChI is InChI=1S/C10H11N5OS/c16-10(9-12-14-15-13-9)11-6-7-17-8-4-2-1-3-5-8/h1-5H,6-7H2,(H,11,16)(H,12,13,14,15). The Balaban J connectivity index is 1.69. The van der Waals surface area contributed by atoms with Gasteiger partial charge in [0.05, 0.1) is 0 Å². The van der Waals surface area contributed by atoms with E-state index in [1.165, 1.54) is 4.90 Å². The summed E-state index contributed by atoms with van der Waals surface area (Å²) in [5.41, 5.74) is 0. The highest BCUT2D eigenvalue weighted by atomic mass is 32.2. The normalized spacial score (nSPS) is 10.1. The van der Waals surface area contributed by atoms with Crippen LogP contribution in [-0.4, -0.2) is 38.8 Å². The summed E-state index contributed by atoms with van der Waals surface area (Å²) in [4.78, 5) is 12.6. The van der Waals surface area contributed by atoms with E-state index < -0.39 is 0 Å². The summed E-state index contributed by atoms with van der Waals surface area (Å²) in [6.45, 7) is 0.562. The molecule has 0 bridgehead atoms. The maximum atomic E-state index is 11.4. The summed E-state index contributed by atoms with van der Waals surface area (Å²) >= 11 is 1.68. The molecule has 0 aliphatic carbocycles. The zero-order chi connectivity index (χ0) is 11.9. The molecule has 0 spiro atoms. The molecule has 6 nitrogen and oxygen atoms in total. The first-order valence-electron chi connectivity index (χ1n) is 5.06. The zero-order valence-electron chi connectivity index (χ0n) is 8.96. The topological polar surface area (TPSA) is 83.6 Å². The monoisotopic (exact) mass is 249 g/mol. The third-order valence-corrected chi connectivity index (χ3v) is 2.96. The molecule has 0 radical (unpaired) electrons. The molecule has 0 unspecified atom stereocenters. The average molecular weight is 249 g/mol. The highest BCUT2D eigenvalue weighted by Gasteiger charge is 2.08. The Morgan fingerprint density at radius 2 is 2.18 bits per heavy atom. The first kappa shape index (κ1) is 11.6. The van der Waals surface area contributed by atoms with Crippen molar-refractivity contribution >= 4 is 17.7 Å². The van der Waals surface area contributed by atoms with Crippen molar-refractivity contribution in [3.8, 4) is 0 Å². The molecule has 88 valence electrons. The fourth-order valence-electron chi connectivity index (χ4n) is 1.19. The van der Waals surface area contributed by atoms with Crippen LogP contribution in [0.15, 0.2) is 35.2 Å². The molecule has 0 aliphatic rings. The van der Waals surface area contributed by atoms with Gasteiger partial charge in [-0.3, -0.25) is 4.79 Å². The van der Waals surface area contributed by atoms with Crippen molar-refractivity contribution in [2.45, 2.75) is 4.90 Å². The summed E-state index contributed by atoms with van der Waals surface area (Å²) < 4.78 is 0. The first-order valence-corrected chi connectivity index (χ1v) is 6.04. The number of hydrogen-bond acceptors (Lipinski definition) is 5. The number of aromatic nitrogens is 4. The lowest BCUT2D eigenvalue weighted by molar-refractivity contribution is 0.0946. The molecule has 1 heterocycles. The summed E-state index contributed by atoms with van der Waals surface area (Å²) in [6, 6.07) is 10.0. The molecule has 1 aromatic carbocycles. The molecule has 2 rings (SSSR count). The predicted molar refractivity (Wildman–Crippen MR) is 63.7 cm³/mol. The van der Waals surface area contributed by atoms with Gasteiger partial charge in [0.2, 0.25) is 0 Å². The Hall–Kier alpha value is -1.89. The summed E-state index contributed by atoms with van der Waals surface area (Å²) in [5, 5.41) is 15.4. The molecular formula is C10H11N5OS. The van der Waals surface area contributed by atoms with Crippen molar-refractivity contribution in [2.24, 2.45) is 0 Å². The van der Waals surface area contributed by atoms with Crippen LogP contribution in [0.2, 0.25) is 0 Å². The lowest BCUT2D eigenvalue weighted by Crippen LogP contribution is -2.26. The van der Waals surface area contributed by atoms with Gasteiger partial charge in [-0.25, -0.2) is 0 Å². The van der Waals surface area contributed by atoms with Gasteiger partial charge in [0, 0.05) is 17.2 Å². The minimum atomic E-state index is -0.313. The van der Waals surface area contributed by atoms with E-state index in [1.54, 1.807) is 11.8 Å². The fourth-order valence-corrected chi connectivity index (χ4v) is 1.98. The summed E-state index contributed by atoms with van der Waals surface area (Å²) in [6.07, 6.45) is 0. The number of benzene rings is 1. The number of H-pyrrole nitrogens is 1. The zero-order valence-corrected chi connectivity index (χ0v) is 9.78. The molecular weight excluding hydrogens is 238 g/mol. The van der Waals surface area contributed by atoms with Crippen molar-refractivity contribution in [1.82, 2.24) is 25.9 Å². The van der Waals surface area contributed by atoms with Gasteiger partial charge in [-0.1, -0.05) is 18.2 Å². The molecule has 17 heavy (non-hydrogen) atoms. The van der Waals surface area contributed by atoms with Gasteiger partial charge < -0.3 is 5.32 Å². The molecule has 0 saturated carbocycles. The Labute approximate surface area is 102 Å². The van der Waals surface area contributed by atoms with Crippen molar-refractivity contribution in [3.63, 3.8) is 0 Å². The van der Waals surface area contributed by atoms with Crippen LogP contribution >= 0.6 is 11.8 Å². The minimum absolute atomic E-state index is 0.0645. The van der Waals surface area contributed by atoms with Gasteiger partial charge in [-0.05, 0) is 17.3 Å². The largest absolute Gasteiger partial charge is 0.348 e. The molecule has 7 heteroatoms. The Morgan fingerprint density at radius 3 is 2.88 bits per heavy atom. The molecule has 2 N–H and O–H groups in total. The van der Waals surface area contributed by atoms with Crippen molar-refractivity contribution in [2.75, 3.05) is 12.3 Å². The highest BCUT2D eigenvalue weighted by molar-refractivity contribution is 7.99. The summed E-state index contributed by atoms with van der Waals surface area (Å²) in [5.74, 6) is 0.551. The smallest absolute Gasteiger partial charge is 0.292 e. The SMILES string of the molecule is O=C(NCCSc1ccccc1)c1nn[nH]n1. The van der Waals surface area contributed by atoms with E-state index in [1.807, 2.05) is 30.3 Å². The number of aromatic amines is 1. The number of tetrazole rings is 1. The van der Waals surface area contributed by atoms with E-state index in [0.29, 0.717) is 6.54 Å². The van der Waals surface area contributed by atoms with Gasteiger partial charge >= 0.3 is 0 Å². The van der Waals surface area contributed by atoms with Gasteiger partial charge in [-0.15, -0.1) is 22.0 Å². The minimum Gasteiger partial charge on any atom is -0.348 e. The van der Waals surface area contributed by atoms with Crippen molar-refractivity contribution in [3.05, 3.63) is 36.2 Å². The molecule has 0 saturated heterocycles. The number of nitrogens with one attached hydrogen (secondary N) is 2. The van der Waals surface area contributed by atoms with Crippen LogP contribution in [0, 0.1) is 0 Å². The number of carbonyl (C=O) groups is 1. The van der Waals surface area contributed by atoms with Crippen molar-refractivity contribution in [1.29, 1.82) is 0 Å². The quantitative estimate of drug-likeness (QED) is 0.602. The molecule has 0 atom stereocenters. The third kappa shape index (κ3) is 3.56. The lowest BCUT2D eigenvalue weighted by atomic mass is 10.4. The van der Waals surface area contributed by atoms with Gasteiger partial charge in [0.25, 0.3) is 11.7 Å². The van der Waals surface area contributed by atoms with Crippen LogP contribution < -0.4 is 5.32 Å². The molecule has 1 aromatic heterocycles. The second kappa shape index (κ2) is 6.00. The molecule has 2 aromatic rings.